The number of aryl methyl sites for hydroxylation is 1. The van der Waals surface area contributed by atoms with Crippen LogP contribution in [0.4, 0.5) is 0 Å². The molecule has 0 fully saturated rings. The third kappa shape index (κ3) is 2.87. The second kappa shape index (κ2) is 6.26. The molecule has 2 aromatic carbocycles. The van der Waals surface area contributed by atoms with Crippen LogP contribution >= 0.6 is 0 Å². The Kier molecular flexibility index (Phi) is 3.93. The minimum atomic E-state index is -0.780. The fraction of sp³-hybridized carbons (Fsp3) is 0.250. The number of aromatic amines is 1. The quantitative estimate of drug-likeness (QED) is 0.771. The third-order valence-electron chi connectivity index (χ3n) is 4.52. The average molecular weight is 337 g/mol. The van der Waals surface area contributed by atoms with Crippen molar-refractivity contribution in [2.45, 2.75) is 19.4 Å². The summed E-state index contributed by atoms with van der Waals surface area (Å²) in [4.78, 5) is 14.8. The third-order valence-corrected chi connectivity index (χ3v) is 4.52. The molecular weight excluding hydrogens is 318 g/mol. The number of ether oxygens (including phenoxy) is 2. The molecule has 0 spiro atoms. The Morgan fingerprint density at radius 1 is 1.04 bits per heavy atom. The Morgan fingerprint density at radius 3 is 2.56 bits per heavy atom. The summed E-state index contributed by atoms with van der Waals surface area (Å²) in [7, 11) is 0. The van der Waals surface area contributed by atoms with Crippen LogP contribution < -0.4 is 15.0 Å². The predicted molar refractivity (Wildman–Crippen MR) is 95.4 cm³/mol. The first-order valence-corrected chi connectivity index (χ1v) is 8.39. The van der Waals surface area contributed by atoms with E-state index in [2.05, 4.69) is 4.98 Å². The number of pyridine rings is 1. The highest BCUT2D eigenvalue weighted by molar-refractivity contribution is 5.80. The Labute approximate surface area is 144 Å². The zero-order valence-corrected chi connectivity index (χ0v) is 13.9. The van der Waals surface area contributed by atoms with Gasteiger partial charge < -0.3 is 19.6 Å². The number of H-pyrrole nitrogens is 1. The number of hydrogen-bond donors (Lipinski definition) is 2. The van der Waals surface area contributed by atoms with Gasteiger partial charge in [0.25, 0.3) is 5.56 Å². The second-order valence-electron chi connectivity index (χ2n) is 6.13. The SMILES string of the molecule is CCc1cc2cc(C(O)c3ccc4c(c3)OCCO4)ccc2[nH]c1=O. The molecule has 1 aromatic heterocycles. The van der Waals surface area contributed by atoms with Gasteiger partial charge in [-0.15, -0.1) is 0 Å². The van der Waals surface area contributed by atoms with E-state index in [0.717, 1.165) is 27.6 Å². The van der Waals surface area contributed by atoms with Crippen molar-refractivity contribution in [2.75, 3.05) is 13.2 Å². The van der Waals surface area contributed by atoms with Gasteiger partial charge in [0, 0.05) is 11.1 Å². The number of hydrogen-bond acceptors (Lipinski definition) is 4. The van der Waals surface area contributed by atoms with Gasteiger partial charge in [-0.25, -0.2) is 0 Å². The van der Waals surface area contributed by atoms with Gasteiger partial charge in [0.15, 0.2) is 11.5 Å². The van der Waals surface area contributed by atoms with Crippen LogP contribution in [0.2, 0.25) is 0 Å². The van der Waals surface area contributed by atoms with Crippen molar-refractivity contribution in [3.8, 4) is 11.5 Å². The van der Waals surface area contributed by atoms with Crippen LogP contribution in [0.3, 0.4) is 0 Å². The van der Waals surface area contributed by atoms with Gasteiger partial charge in [-0.05, 0) is 53.3 Å². The summed E-state index contributed by atoms with van der Waals surface area (Å²) in [5, 5.41) is 11.7. The molecule has 25 heavy (non-hydrogen) atoms. The molecule has 2 N–H and O–H groups in total. The summed E-state index contributed by atoms with van der Waals surface area (Å²) in [5.74, 6) is 1.35. The number of aliphatic hydroxyl groups is 1. The lowest BCUT2D eigenvalue weighted by Crippen LogP contribution is -2.15. The highest BCUT2D eigenvalue weighted by Crippen LogP contribution is 2.34. The molecule has 2 heterocycles. The number of benzene rings is 2. The van der Waals surface area contributed by atoms with E-state index >= 15 is 0 Å². The summed E-state index contributed by atoms with van der Waals surface area (Å²) in [6, 6.07) is 12.9. The molecule has 5 nitrogen and oxygen atoms in total. The van der Waals surface area contributed by atoms with Gasteiger partial charge >= 0.3 is 0 Å². The smallest absolute Gasteiger partial charge is 0.251 e. The number of nitrogens with one attached hydrogen (secondary N) is 1. The van der Waals surface area contributed by atoms with Crippen LogP contribution in [0, 0.1) is 0 Å². The molecule has 0 amide bonds. The summed E-state index contributed by atoms with van der Waals surface area (Å²) in [6.45, 7) is 3.00. The van der Waals surface area contributed by atoms with Crippen molar-refractivity contribution in [1.29, 1.82) is 0 Å². The molecule has 1 aliphatic rings. The topological polar surface area (TPSA) is 71.5 Å². The van der Waals surface area contributed by atoms with Gasteiger partial charge in [0.05, 0.1) is 0 Å². The first-order valence-electron chi connectivity index (χ1n) is 8.39. The molecule has 3 aromatic rings. The van der Waals surface area contributed by atoms with E-state index in [4.69, 9.17) is 9.47 Å². The second-order valence-corrected chi connectivity index (χ2v) is 6.13. The molecule has 0 bridgehead atoms. The Hall–Kier alpha value is -2.79. The van der Waals surface area contributed by atoms with Crippen molar-refractivity contribution in [1.82, 2.24) is 4.98 Å². The first kappa shape index (κ1) is 15.7. The van der Waals surface area contributed by atoms with Crippen molar-refractivity contribution < 1.29 is 14.6 Å². The summed E-state index contributed by atoms with van der Waals surface area (Å²) in [6.07, 6.45) is -0.113. The van der Waals surface area contributed by atoms with E-state index < -0.39 is 6.10 Å². The van der Waals surface area contributed by atoms with E-state index in [-0.39, 0.29) is 5.56 Å². The molecule has 0 aliphatic carbocycles. The van der Waals surface area contributed by atoms with E-state index in [1.807, 2.05) is 49.4 Å². The zero-order chi connectivity index (χ0) is 17.4. The number of rotatable bonds is 3. The summed E-state index contributed by atoms with van der Waals surface area (Å²) in [5.41, 5.74) is 2.94. The highest BCUT2D eigenvalue weighted by atomic mass is 16.6. The lowest BCUT2D eigenvalue weighted by atomic mass is 9.99. The first-order chi connectivity index (χ1) is 12.2. The molecule has 128 valence electrons. The van der Waals surface area contributed by atoms with Gasteiger partial charge in [-0.3, -0.25) is 4.79 Å². The number of aromatic nitrogens is 1. The van der Waals surface area contributed by atoms with Crippen LogP contribution in [0.25, 0.3) is 10.9 Å². The normalized spacial score (nSPS) is 14.5. The van der Waals surface area contributed by atoms with E-state index in [1.54, 1.807) is 0 Å². The molecule has 0 saturated heterocycles. The van der Waals surface area contributed by atoms with E-state index in [0.29, 0.717) is 31.1 Å². The van der Waals surface area contributed by atoms with Crippen molar-refractivity contribution in [2.24, 2.45) is 0 Å². The van der Waals surface area contributed by atoms with Crippen LogP contribution in [-0.4, -0.2) is 23.3 Å². The molecule has 1 atom stereocenters. The predicted octanol–water partition coefficient (Wildman–Crippen LogP) is 2.94. The molecular formula is C20H19NO4. The van der Waals surface area contributed by atoms with Gasteiger partial charge in [0.1, 0.15) is 19.3 Å². The van der Waals surface area contributed by atoms with Crippen molar-refractivity contribution >= 4 is 10.9 Å². The van der Waals surface area contributed by atoms with Gasteiger partial charge in [0.2, 0.25) is 0 Å². The maximum Gasteiger partial charge on any atom is 0.251 e. The zero-order valence-electron chi connectivity index (χ0n) is 13.9. The summed E-state index contributed by atoms with van der Waals surface area (Å²) < 4.78 is 11.1. The minimum Gasteiger partial charge on any atom is -0.486 e. The minimum absolute atomic E-state index is 0.0601. The maximum atomic E-state index is 11.9. The number of fused-ring (bicyclic) bond motifs is 2. The monoisotopic (exact) mass is 337 g/mol. The van der Waals surface area contributed by atoms with Gasteiger partial charge in [-0.1, -0.05) is 19.1 Å². The van der Waals surface area contributed by atoms with Crippen LogP contribution in [0.15, 0.2) is 47.3 Å². The largest absolute Gasteiger partial charge is 0.486 e. The highest BCUT2D eigenvalue weighted by Gasteiger charge is 2.17. The molecule has 1 unspecified atom stereocenters. The van der Waals surface area contributed by atoms with E-state index in [1.165, 1.54) is 0 Å². The maximum absolute atomic E-state index is 11.9. The molecule has 1 aliphatic heterocycles. The fourth-order valence-electron chi connectivity index (χ4n) is 3.13. The van der Waals surface area contributed by atoms with E-state index in [9.17, 15) is 9.90 Å². The number of aliphatic hydroxyl groups excluding tert-OH is 1. The standard InChI is InChI=1S/C20H19NO4/c1-2-12-9-15-10-13(3-5-16(15)21-20(12)23)19(22)14-4-6-17-18(11-14)25-8-7-24-17/h3-6,9-11,19,22H,2,7-8H2,1H3,(H,21,23). The van der Waals surface area contributed by atoms with Crippen molar-refractivity contribution in [3.63, 3.8) is 0 Å². The summed E-state index contributed by atoms with van der Waals surface area (Å²) >= 11 is 0. The lowest BCUT2D eigenvalue weighted by Gasteiger charge is -2.20. The molecule has 0 radical (unpaired) electrons. The van der Waals surface area contributed by atoms with Crippen molar-refractivity contribution in [3.05, 3.63) is 69.5 Å². The fourth-order valence-corrected chi connectivity index (χ4v) is 3.13. The van der Waals surface area contributed by atoms with Crippen LogP contribution in [-0.2, 0) is 6.42 Å². The Bertz CT molecular complexity index is 993. The lowest BCUT2D eigenvalue weighted by molar-refractivity contribution is 0.169. The van der Waals surface area contributed by atoms with Gasteiger partial charge in [-0.2, -0.15) is 0 Å². The molecule has 0 saturated carbocycles. The molecule has 5 heteroatoms. The van der Waals surface area contributed by atoms with Crippen LogP contribution in [0.1, 0.15) is 29.7 Å². The average Bonchev–Trinajstić information content (AvgIpc) is 2.66. The Balaban J connectivity index is 1.73. The molecule has 4 rings (SSSR count). The Morgan fingerprint density at radius 2 is 1.76 bits per heavy atom. The van der Waals surface area contributed by atoms with Crippen LogP contribution in [0.5, 0.6) is 11.5 Å².